The monoisotopic (exact) mass is 492 g/mol. The Morgan fingerprint density at radius 1 is 1.19 bits per heavy atom. The Morgan fingerprint density at radius 2 is 1.96 bits per heavy atom. The SMILES string of the molecule is CCNC(=NCCCN(C)CCOC)NCCc1ccc(C)c(OC)c1.I. The summed E-state index contributed by atoms with van der Waals surface area (Å²) in [5.41, 5.74) is 2.42. The highest BCUT2D eigenvalue weighted by molar-refractivity contribution is 14.0. The van der Waals surface area contributed by atoms with Crippen molar-refractivity contribution in [2.45, 2.75) is 26.7 Å². The molecule has 1 rings (SSSR count). The lowest BCUT2D eigenvalue weighted by Gasteiger charge is -2.15. The van der Waals surface area contributed by atoms with Crippen LogP contribution in [0.15, 0.2) is 23.2 Å². The molecular weight excluding hydrogens is 455 g/mol. The summed E-state index contributed by atoms with van der Waals surface area (Å²) in [4.78, 5) is 6.92. The second-order valence-corrected chi connectivity index (χ2v) is 6.39. The third-order valence-corrected chi connectivity index (χ3v) is 4.17. The summed E-state index contributed by atoms with van der Waals surface area (Å²) in [5.74, 6) is 1.83. The van der Waals surface area contributed by atoms with Crippen LogP contribution in [0.3, 0.4) is 0 Å². The fourth-order valence-corrected chi connectivity index (χ4v) is 2.58. The van der Waals surface area contributed by atoms with Crippen LogP contribution in [0.4, 0.5) is 0 Å². The average Bonchev–Trinajstić information content (AvgIpc) is 2.64. The number of aliphatic imine (C=N–C) groups is 1. The van der Waals surface area contributed by atoms with Crippen molar-refractivity contribution in [2.24, 2.45) is 4.99 Å². The van der Waals surface area contributed by atoms with Gasteiger partial charge in [-0.1, -0.05) is 12.1 Å². The van der Waals surface area contributed by atoms with Gasteiger partial charge in [-0.15, -0.1) is 24.0 Å². The minimum atomic E-state index is 0. The molecule has 1 aromatic carbocycles. The lowest BCUT2D eigenvalue weighted by molar-refractivity contribution is 0.161. The number of likely N-dealkylation sites (N-methyl/N-ethyl adjacent to an activating group) is 1. The van der Waals surface area contributed by atoms with Crippen molar-refractivity contribution in [2.75, 3.05) is 60.6 Å². The number of benzene rings is 1. The smallest absolute Gasteiger partial charge is 0.191 e. The lowest BCUT2D eigenvalue weighted by Crippen LogP contribution is -2.38. The Balaban J connectivity index is 0.00000676. The standard InChI is InChI=1S/C20H36N4O2.HI/c1-6-21-20(22-11-7-13-24(3)14-15-25-4)23-12-10-18-9-8-17(2)19(16-18)26-5;/h8-9,16H,6-7,10-15H2,1-5H3,(H2,21,22,23);1H. The molecule has 0 spiro atoms. The zero-order valence-corrected chi connectivity index (χ0v) is 19.8. The molecule has 0 saturated carbocycles. The molecular formula is C20H37IN4O2. The highest BCUT2D eigenvalue weighted by Gasteiger charge is 2.02. The molecule has 0 fully saturated rings. The van der Waals surface area contributed by atoms with E-state index >= 15 is 0 Å². The van der Waals surface area contributed by atoms with E-state index in [1.165, 1.54) is 5.56 Å². The molecule has 156 valence electrons. The first kappa shape index (κ1) is 25.9. The summed E-state index contributed by atoms with van der Waals surface area (Å²) in [6.07, 6.45) is 1.97. The molecule has 6 nitrogen and oxygen atoms in total. The maximum atomic E-state index is 5.39. The minimum Gasteiger partial charge on any atom is -0.496 e. The summed E-state index contributed by atoms with van der Waals surface area (Å²) in [7, 11) is 5.56. The van der Waals surface area contributed by atoms with Crippen molar-refractivity contribution in [3.63, 3.8) is 0 Å². The van der Waals surface area contributed by atoms with Gasteiger partial charge in [-0.25, -0.2) is 0 Å². The largest absolute Gasteiger partial charge is 0.496 e. The molecule has 0 saturated heterocycles. The van der Waals surface area contributed by atoms with E-state index in [1.54, 1.807) is 14.2 Å². The first-order valence-electron chi connectivity index (χ1n) is 9.43. The van der Waals surface area contributed by atoms with Crippen LogP contribution in [0, 0.1) is 6.92 Å². The van der Waals surface area contributed by atoms with Crippen LogP contribution in [0.2, 0.25) is 0 Å². The Labute approximate surface area is 182 Å². The molecule has 0 atom stereocenters. The van der Waals surface area contributed by atoms with Gasteiger partial charge in [0.15, 0.2) is 5.96 Å². The van der Waals surface area contributed by atoms with Crippen LogP contribution in [-0.2, 0) is 11.2 Å². The number of ether oxygens (including phenoxy) is 2. The predicted molar refractivity (Wildman–Crippen MR) is 125 cm³/mol. The second kappa shape index (κ2) is 15.9. The van der Waals surface area contributed by atoms with Gasteiger partial charge < -0.3 is 25.0 Å². The Bertz CT molecular complexity index is 541. The molecule has 0 aromatic heterocycles. The molecule has 2 N–H and O–H groups in total. The van der Waals surface area contributed by atoms with Gasteiger partial charge in [0.25, 0.3) is 0 Å². The summed E-state index contributed by atoms with van der Waals surface area (Å²) in [6, 6.07) is 6.37. The number of hydrogen-bond acceptors (Lipinski definition) is 4. The zero-order valence-electron chi connectivity index (χ0n) is 17.5. The molecule has 0 unspecified atom stereocenters. The number of halogens is 1. The van der Waals surface area contributed by atoms with Gasteiger partial charge in [-0.3, -0.25) is 4.99 Å². The Hall–Kier alpha value is -1.06. The topological polar surface area (TPSA) is 58.1 Å². The molecule has 7 heteroatoms. The molecule has 0 aliphatic carbocycles. The molecule has 0 heterocycles. The van der Waals surface area contributed by atoms with Crippen molar-refractivity contribution >= 4 is 29.9 Å². The van der Waals surface area contributed by atoms with Crippen molar-refractivity contribution < 1.29 is 9.47 Å². The van der Waals surface area contributed by atoms with Crippen LogP contribution < -0.4 is 15.4 Å². The number of nitrogens with zero attached hydrogens (tertiary/aromatic N) is 2. The van der Waals surface area contributed by atoms with Crippen molar-refractivity contribution in [3.8, 4) is 5.75 Å². The molecule has 0 radical (unpaired) electrons. The van der Waals surface area contributed by atoms with E-state index in [-0.39, 0.29) is 24.0 Å². The van der Waals surface area contributed by atoms with Gasteiger partial charge >= 0.3 is 0 Å². The van der Waals surface area contributed by atoms with Crippen LogP contribution in [-0.4, -0.2) is 71.5 Å². The van der Waals surface area contributed by atoms with Gasteiger partial charge in [0.05, 0.1) is 13.7 Å². The van der Waals surface area contributed by atoms with Crippen LogP contribution in [0.1, 0.15) is 24.5 Å². The first-order valence-corrected chi connectivity index (χ1v) is 9.43. The van der Waals surface area contributed by atoms with E-state index in [0.717, 1.165) is 69.4 Å². The van der Waals surface area contributed by atoms with Crippen molar-refractivity contribution in [1.82, 2.24) is 15.5 Å². The van der Waals surface area contributed by atoms with Gasteiger partial charge in [0, 0.05) is 33.3 Å². The quantitative estimate of drug-likeness (QED) is 0.204. The first-order chi connectivity index (χ1) is 12.6. The maximum absolute atomic E-state index is 5.39. The number of nitrogens with one attached hydrogen (secondary N) is 2. The highest BCUT2D eigenvalue weighted by Crippen LogP contribution is 2.18. The fourth-order valence-electron chi connectivity index (χ4n) is 2.58. The molecule has 1 aromatic rings. The van der Waals surface area contributed by atoms with E-state index < -0.39 is 0 Å². The number of guanidine groups is 1. The van der Waals surface area contributed by atoms with Crippen LogP contribution in [0.5, 0.6) is 5.75 Å². The van der Waals surface area contributed by atoms with E-state index in [2.05, 4.69) is 59.6 Å². The summed E-state index contributed by atoms with van der Waals surface area (Å²) < 4.78 is 10.5. The predicted octanol–water partition coefficient (Wildman–Crippen LogP) is 2.69. The minimum absolute atomic E-state index is 0. The molecule has 27 heavy (non-hydrogen) atoms. The van der Waals surface area contributed by atoms with Gasteiger partial charge in [-0.2, -0.15) is 0 Å². The Kier molecular flexibility index (Phi) is 15.3. The molecule has 0 aliphatic heterocycles. The van der Waals surface area contributed by atoms with Gasteiger partial charge in [-0.05, 0) is 57.5 Å². The third-order valence-electron chi connectivity index (χ3n) is 4.17. The van der Waals surface area contributed by atoms with Crippen molar-refractivity contribution in [1.29, 1.82) is 0 Å². The van der Waals surface area contributed by atoms with E-state index in [9.17, 15) is 0 Å². The Morgan fingerprint density at radius 3 is 2.63 bits per heavy atom. The molecule has 0 bridgehead atoms. The number of rotatable bonds is 12. The summed E-state index contributed by atoms with van der Waals surface area (Å²) in [6.45, 7) is 9.40. The number of hydrogen-bond donors (Lipinski definition) is 2. The van der Waals surface area contributed by atoms with Crippen LogP contribution >= 0.6 is 24.0 Å². The van der Waals surface area contributed by atoms with E-state index in [4.69, 9.17) is 9.47 Å². The van der Waals surface area contributed by atoms with E-state index in [1.807, 2.05) is 0 Å². The zero-order chi connectivity index (χ0) is 19.2. The lowest BCUT2D eigenvalue weighted by atomic mass is 10.1. The van der Waals surface area contributed by atoms with E-state index in [0.29, 0.717) is 0 Å². The maximum Gasteiger partial charge on any atom is 0.191 e. The van der Waals surface area contributed by atoms with Crippen molar-refractivity contribution in [3.05, 3.63) is 29.3 Å². The molecule has 0 aliphatic rings. The highest BCUT2D eigenvalue weighted by atomic mass is 127. The third kappa shape index (κ3) is 11.4. The summed E-state index contributed by atoms with van der Waals surface area (Å²) in [5, 5.41) is 6.71. The number of methoxy groups -OCH3 is 2. The van der Waals surface area contributed by atoms with Crippen LogP contribution in [0.25, 0.3) is 0 Å². The van der Waals surface area contributed by atoms with Gasteiger partial charge in [0.2, 0.25) is 0 Å². The summed E-state index contributed by atoms with van der Waals surface area (Å²) >= 11 is 0. The normalized spacial score (nSPS) is 11.3. The number of aryl methyl sites for hydroxylation is 1. The average molecular weight is 492 g/mol. The van der Waals surface area contributed by atoms with Gasteiger partial charge in [0.1, 0.15) is 5.75 Å². The fraction of sp³-hybridized carbons (Fsp3) is 0.650. The molecule has 0 amide bonds. The second-order valence-electron chi connectivity index (χ2n) is 6.39.